The molecule has 0 fully saturated rings. The van der Waals surface area contributed by atoms with Crippen LogP contribution < -0.4 is 5.32 Å². The molecule has 6 nitrogen and oxygen atoms in total. The number of hydrogen-bond acceptors (Lipinski definition) is 4. The number of aryl methyl sites for hydroxylation is 1. The second kappa shape index (κ2) is 6.37. The number of benzene rings is 2. The largest absolute Gasteiger partial charge is 0.465 e. The summed E-state index contributed by atoms with van der Waals surface area (Å²) in [5, 5.41) is 4.60. The van der Waals surface area contributed by atoms with Crippen LogP contribution >= 0.6 is 0 Å². The quantitative estimate of drug-likeness (QED) is 0.690. The molecule has 2 aromatic carbocycles. The topological polar surface area (TPSA) is 69.6 Å². The van der Waals surface area contributed by atoms with Gasteiger partial charge in [-0.1, -0.05) is 0 Å². The average molecular weight is 354 g/mol. The Bertz CT molecular complexity index is 1010. The third kappa shape index (κ3) is 3.35. The summed E-state index contributed by atoms with van der Waals surface area (Å²) in [4.78, 5) is 23.9. The van der Waals surface area contributed by atoms with Crippen molar-refractivity contribution < 1.29 is 19.1 Å². The zero-order valence-electron chi connectivity index (χ0n) is 15.5. The molecular formula is C20H22N2O4. The SMILES string of the molecule is COC(=O)c1ccc2c(c1)c1cc(NC(=O)OC(C)(C)C)ccc1n2C. The van der Waals surface area contributed by atoms with Crippen molar-refractivity contribution in [3.05, 3.63) is 42.0 Å². The van der Waals surface area contributed by atoms with Crippen molar-refractivity contribution in [2.45, 2.75) is 26.4 Å². The minimum atomic E-state index is -0.566. The highest BCUT2D eigenvalue weighted by atomic mass is 16.6. The summed E-state index contributed by atoms with van der Waals surface area (Å²) >= 11 is 0. The van der Waals surface area contributed by atoms with Crippen LogP contribution in [0, 0.1) is 0 Å². The molecule has 0 saturated heterocycles. The number of esters is 1. The van der Waals surface area contributed by atoms with Crippen LogP contribution in [-0.2, 0) is 16.5 Å². The smallest absolute Gasteiger partial charge is 0.412 e. The van der Waals surface area contributed by atoms with E-state index in [4.69, 9.17) is 9.47 Å². The van der Waals surface area contributed by atoms with E-state index in [1.54, 1.807) is 12.1 Å². The second-order valence-electron chi connectivity index (χ2n) is 7.14. The lowest BCUT2D eigenvalue weighted by molar-refractivity contribution is 0.0598. The van der Waals surface area contributed by atoms with Gasteiger partial charge >= 0.3 is 12.1 Å². The number of fused-ring (bicyclic) bond motifs is 3. The molecule has 0 spiro atoms. The molecule has 3 rings (SSSR count). The molecule has 0 aliphatic carbocycles. The van der Waals surface area contributed by atoms with Crippen LogP contribution in [0.4, 0.5) is 10.5 Å². The lowest BCUT2D eigenvalue weighted by atomic mass is 10.1. The number of amides is 1. The van der Waals surface area contributed by atoms with Crippen molar-refractivity contribution in [1.82, 2.24) is 4.57 Å². The Hall–Kier alpha value is -3.02. The summed E-state index contributed by atoms with van der Waals surface area (Å²) in [7, 11) is 3.32. The Labute approximate surface area is 151 Å². The molecule has 1 heterocycles. The van der Waals surface area contributed by atoms with E-state index in [1.165, 1.54) is 7.11 Å². The van der Waals surface area contributed by atoms with E-state index >= 15 is 0 Å². The Balaban J connectivity index is 2.06. The molecule has 26 heavy (non-hydrogen) atoms. The molecule has 0 radical (unpaired) electrons. The van der Waals surface area contributed by atoms with E-state index in [2.05, 4.69) is 5.32 Å². The van der Waals surface area contributed by atoms with Crippen LogP contribution in [0.5, 0.6) is 0 Å². The Morgan fingerprint density at radius 3 is 2.23 bits per heavy atom. The highest BCUT2D eigenvalue weighted by Gasteiger charge is 2.17. The normalized spacial score (nSPS) is 11.6. The van der Waals surface area contributed by atoms with E-state index in [9.17, 15) is 9.59 Å². The number of anilines is 1. The number of aromatic nitrogens is 1. The molecule has 1 N–H and O–H groups in total. The maximum Gasteiger partial charge on any atom is 0.412 e. The number of hydrogen-bond donors (Lipinski definition) is 1. The molecule has 1 amide bonds. The van der Waals surface area contributed by atoms with Crippen LogP contribution in [0.2, 0.25) is 0 Å². The van der Waals surface area contributed by atoms with Gasteiger partial charge in [-0.2, -0.15) is 0 Å². The molecule has 0 saturated carbocycles. The van der Waals surface area contributed by atoms with Gasteiger partial charge in [0, 0.05) is 34.5 Å². The second-order valence-corrected chi connectivity index (χ2v) is 7.14. The Kier molecular flexibility index (Phi) is 4.36. The van der Waals surface area contributed by atoms with Crippen molar-refractivity contribution in [3.8, 4) is 0 Å². The standard InChI is InChI=1S/C20H22N2O4/c1-20(2,3)26-19(24)21-13-7-9-17-15(11-13)14-10-12(18(23)25-5)6-8-16(14)22(17)4/h6-11H,1-5H3,(H,21,24). The van der Waals surface area contributed by atoms with E-state index in [0.29, 0.717) is 11.3 Å². The van der Waals surface area contributed by atoms with Gasteiger partial charge in [0.15, 0.2) is 0 Å². The van der Waals surface area contributed by atoms with Crippen molar-refractivity contribution in [3.63, 3.8) is 0 Å². The molecule has 0 atom stereocenters. The summed E-state index contributed by atoms with van der Waals surface area (Å²) in [5.41, 5.74) is 2.53. The number of nitrogens with one attached hydrogen (secondary N) is 1. The highest BCUT2D eigenvalue weighted by Crippen LogP contribution is 2.31. The monoisotopic (exact) mass is 354 g/mol. The number of rotatable bonds is 2. The van der Waals surface area contributed by atoms with Gasteiger partial charge in [0.2, 0.25) is 0 Å². The van der Waals surface area contributed by atoms with Gasteiger partial charge in [-0.15, -0.1) is 0 Å². The minimum Gasteiger partial charge on any atom is -0.465 e. The van der Waals surface area contributed by atoms with Crippen LogP contribution in [-0.4, -0.2) is 29.3 Å². The summed E-state index contributed by atoms with van der Waals surface area (Å²) in [5.74, 6) is -0.382. The first kappa shape index (κ1) is 17.8. The molecule has 0 aliphatic rings. The molecular weight excluding hydrogens is 332 g/mol. The van der Waals surface area contributed by atoms with Gasteiger partial charge < -0.3 is 14.0 Å². The summed E-state index contributed by atoms with van der Waals surface area (Å²) in [6.45, 7) is 5.44. The number of carbonyl (C=O) groups excluding carboxylic acids is 2. The number of ether oxygens (including phenoxy) is 2. The lowest BCUT2D eigenvalue weighted by Gasteiger charge is -2.19. The molecule has 1 aromatic heterocycles. The van der Waals surface area contributed by atoms with Gasteiger partial charge in [0.25, 0.3) is 0 Å². The predicted octanol–water partition coefficient (Wildman–Crippen LogP) is 4.47. The summed E-state index contributed by atoms with van der Waals surface area (Å²) in [6, 6.07) is 11.1. The van der Waals surface area contributed by atoms with E-state index < -0.39 is 11.7 Å². The third-order valence-corrected chi connectivity index (χ3v) is 4.07. The fourth-order valence-electron chi connectivity index (χ4n) is 2.96. The van der Waals surface area contributed by atoms with Crippen LogP contribution in [0.1, 0.15) is 31.1 Å². The van der Waals surface area contributed by atoms with Gasteiger partial charge in [-0.05, 0) is 57.2 Å². The minimum absolute atomic E-state index is 0.382. The van der Waals surface area contributed by atoms with Crippen LogP contribution in [0.15, 0.2) is 36.4 Å². The van der Waals surface area contributed by atoms with Gasteiger partial charge in [-0.25, -0.2) is 9.59 Å². The number of nitrogens with zero attached hydrogens (tertiary/aromatic N) is 1. The number of carbonyl (C=O) groups is 2. The van der Waals surface area contributed by atoms with Gasteiger partial charge in [0.1, 0.15) is 5.60 Å². The predicted molar refractivity (Wildman–Crippen MR) is 102 cm³/mol. The maximum absolute atomic E-state index is 12.0. The Morgan fingerprint density at radius 1 is 1.00 bits per heavy atom. The zero-order chi connectivity index (χ0) is 19.1. The van der Waals surface area contributed by atoms with E-state index in [0.717, 1.165) is 21.8 Å². The lowest BCUT2D eigenvalue weighted by Crippen LogP contribution is -2.27. The molecule has 0 unspecified atom stereocenters. The van der Waals surface area contributed by atoms with Crippen molar-refractivity contribution in [2.75, 3.05) is 12.4 Å². The third-order valence-electron chi connectivity index (χ3n) is 4.07. The zero-order valence-corrected chi connectivity index (χ0v) is 15.5. The van der Waals surface area contributed by atoms with Crippen molar-refractivity contribution in [2.24, 2.45) is 7.05 Å². The summed E-state index contributed by atoms with van der Waals surface area (Å²) < 4.78 is 12.1. The first-order chi connectivity index (χ1) is 12.2. The molecule has 0 aliphatic heterocycles. The number of methoxy groups -OCH3 is 1. The fraction of sp³-hybridized carbons (Fsp3) is 0.300. The highest BCUT2D eigenvalue weighted by molar-refractivity contribution is 6.11. The van der Waals surface area contributed by atoms with Gasteiger partial charge in [-0.3, -0.25) is 5.32 Å². The van der Waals surface area contributed by atoms with Crippen LogP contribution in [0.3, 0.4) is 0 Å². The van der Waals surface area contributed by atoms with E-state index in [1.807, 2.05) is 56.7 Å². The van der Waals surface area contributed by atoms with Crippen molar-refractivity contribution >= 4 is 39.6 Å². The molecule has 0 bridgehead atoms. The van der Waals surface area contributed by atoms with Crippen LogP contribution in [0.25, 0.3) is 21.8 Å². The first-order valence-corrected chi connectivity index (χ1v) is 8.30. The Morgan fingerprint density at radius 2 is 1.62 bits per heavy atom. The fourth-order valence-corrected chi connectivity index (χ4v) is 2.96. The summed E-state index contributed by atoms with van der Waals surface area (Å²) in [6.07, 6.45) is -0.507. The molecule has 6 heteroatoms. The molecule has 136 valence electrons. The maximum atomic E-state index is 12.0. The molecule has 3 aromatic rings. The van der Waals surface area contributed by atoms with Gasteiger partial charge in [0.05, 0.1) is 12.7 Å². The first-order valence-electron chi connectivity index (χ1n) is 8.30. The van der Waals surface area contributed by atoms with E-state index in [-0.39, 0.29) is 5.97 Å². The van der Waals surface area contributed by atoms with Crippen molar-refractivity contribution in [1.29, 1.82) is 0 Å². The average Bonchev–Trinajstić information content (AvgIpc) is 2.84.